The molecule has 114 valence electrons. The molecule has 7 nitrogen and oxygen atoms in total. The summed E-state index contributed by atoms with van der Waals surface area (Å²) in [6, 6.07) is 1.30. The van der Waals surface area contributed by atoms with Crippen molar-refractivity contribution in [1.29, 1.82) is 0 Å². The molecule has 8 heteroatoms. The van der Waals surface area contributed by atoms with Crippen LogP contribution in [-0.2, 0) is 14.8 Å². The van der Waals surface area contributed by atoms with Crippen molar-refractivity contribution < 1.29 is 23.4 Å². The summed E-state index contributed by atoms with van der Waals surface area (Å²) in [5.41, 5.74) is 0.387. The Bertz CT molecular complexity index is 652. The molecule has 0 spiro atoms. The smallest absolute Gasteiger partial charge is 0.328 e. The molecule has 0 amide bonds. The summed E-state index contributed by atoms with van der Waals surface area (Å²) < 4.78 is 26.3. The number of nitrogens with zero attached hydrogens (tertiary/aromatic N) is 2. The Morgan fingerprint density at radius 1 is 1.43 bits per heavy atom. The second-order valence-corrected chi connectivity index (χ2v) is 6.59. The minimum atomic E-state index is -3.73. The lowest BCUT2D eigenvalue weighted by molar-refractivity contribution is -0.131. The van der Waals surface area contributed by atoms with Crippen molar-refractivity contribution in [1.82, 2.24) is 9.29 Å². The minimum Gasteiger partial charge on any atom is -0.478 e. The summed E-state index contributed by atoms with van der Waals surface area (Å²) in [4.78, 5) is 14.3. The summed E-state index contributed by atoms with van der Waals surface area (Å²) in [7, 11) is -3.73. The van der Waals surface area contributed by atoms with E-state index in [0.717, 1.165) is 18.9 Å². The van der Waals surface area contributed by atoms with Crippen molar-refractivity contribution in [2.45, 2.75) is 23.8 Å². The van der Waals surface area contributed by atoms with Crippen LogP contribution >= 0.6 is 0 Å². The van der Waals surface area contributed by atoms with Crippen LogP contribution in [-0.4, -0.2) is 53.1 Å². The van der Waals surface area contributed by atoms with Crippen LogP contribution < -0.4 is 0 Å². The van der Waals surface area contributed by atoms with E-state index in [1.54, 1.807) is 0 Å². The Labute approximate surface area is 122 Å². The number of carboxylic acid groups (broad SMARTS) is 1. The van der Waals surface area contributed by atoms with Gasteiger partial charge in [0.15, 0.2) is 0 Å². The average molecular weight is 312 g/mol. The van der Waals surface area contributed by atoms with Gasteiger partial charge in [0.1, 0.15) is 4.90 Å². The summed E-state index contributed by atoms with van der Waals surface area (Å²) in [6.07, 6.45) is 6.37. The Hall–Kier alpha value is -1.77. The molecule has 21 heavy (non-hydrogen) atoms. The lowest BCUT2D eigenvalue weighted by atomic mass is 10.2. The number of aliphatic carboxylic acids is 1. The topological polar surface area (TPSA) is 108 Å². The Kier molecular flexibility index (Phi) is 4.71. The SMILES string of the molecule is O=C(O)C=Cc1cncc(S(=O)(=O)N(CCO)C2CC2)c1. The third-order valence-electron chi connectivity index (χ3n) is 3.03. The predicted molar refractivity (Wildman–Crippen MR) is 74.9 cm³/mol. The first-order valence-electron chi connectivity index (χ1n) is 6.44. The lowest BCUT2D eigenvalue weighted by Crippen LogP contribution is -2.35. The van der Waals surface area contributed by atoms with Crippen LogP contribution in [0.5, 0.6) is 0 Å². The zero-order valence-electron chi connectivity index (χ0n) is 11.2. The fraction of sp³-hybridized carbons (Fsp3) is 0.385. The first-order chi connectivity index (χ1) is 9.95. The van der Waals surface area contributed by atoms with Crippen molar-refractivity contribution in [3.05, 3.63) is 30.1 Å². The van der Waals surface area contributed by atoms with Gasteiger partial charge < -0.3 is 10.2 Å². The van der Waals surface area contributed by atoms with E-state index in [1.165, 1.54) is 28.8 Å². The Morgan fingerprint density at radius 2 is 2.14 bits per heavy atom. The van der Waals surface area contributed by atoms with Crippen LogP contribution in [0.1, 0.15) is 18.4 Å². The van der Waals surface area contributed by atoms with E-state index in [0.29, 0.717) is 5.56 Å². The van der Waals surface area contributed by atoms with Crippen LogP contribution in [0.15, 0.2) is 29.4 Å². The summed E-state index contributed by atoms with van der Waals surface area (Å²) in [5.74, 6) is -1.12. The van der Waals surface area contributed by atoms with Gasteiger partial charge in [0.05, 0.1) is 6.61 Å². The number of aliphatic hydroxyl groups excluding tert-OH is 1. The zero-order valence-corrected chi connectivity index (χ0v) is 12.0. The number of carbonyl (C=O) groups is 1. The molecule has 1 aliphatic carbocycles. The van der Waals surface area contributed by atoms with Gasteiger partial charge in [0.2, 0.25) is 10.0 Å². The van der Waals surface area contributed by atoms with Gasteiger partial charge in [-0.15, -0.1) is 0 Å². The van der Waals surface area contributed by atoms with E-state index in [2.05, 4.69) is 4.98 Å². The third kappa shape index (κ3) is 3.87. The van der Waals surface area contributed by atoms with Crippen molar-refractivity contribution >= 4 is 22.1 Å². The molecular weight excluding hydrogens is 296 g/mol. The average Bonchev–Trinajstić information content (AvgIpc) is 3.27. The van der Waals surface area contributed by atoms with Crippen LogP contribution in [0.4, 0.5) is 0 Å². The molecule has 0 saturated heterocycles. The maximum Gasteiger partial charge on any atom is 0.328 e. The fourth-order valence-electron chi connectivity index (χ4n) is 1.93. The van der Waals surface area contributed by atoms with Gasteiger partial charge >= 0.3 is 5.97 Å². The van der Waals surface area contributed by atoms with Crippen molar-refractivity contribution in [3.8, 4) is 0 Å². The summed E-state index contributed by atoms with van der Waals surface area (Å²) >= 11 is 0. The van der Waals surface area contributed by atoms with E-state index >= 15 is 0 Å². The Morgan fingerprint density at radius 3 is 2.71 bits per heavy atom. The normalized spacial score (nSPS) is 15.7. The maximum absolute atomic E-state index is 12.5. The molecule has 1 aromatic heterocycles. The monoisotopic (exact) mass is 312 g/mol. The first-order valence-corrected chi connectivity index (χ1v) is 7.88. The maximum atomic E-state index is 12.5. The number of aliphatic hydroxyl groups is 1. The third-order valence-corrected chi connectivity index (χ3v) is 4.95. The minimum absolute atomic E-state index is 0.00427. The molecule has 1 heterocycles. The quantitative estimate of drug-likeness (QED) is 0.702. The molecule has 0 unspecified atom stereocenters. The van der Waals surface area contributed by atoms with Gasteiger partial charge in [0.25, 0.3) is 0 Å². The molecule has 1 fully saturated rings. The number of pyridine rings is 1. The molecular formula is C13H16N2O5S. The molecule has 0 aromatic carbocycles. The summed E-state index contributed by atoms with van der Waals surface area (Å²) in [6.45, 7) is -0.204. The fourth-order valence-corrected chi connectivity index (χ4v) is 3.61. The number of rotatable bonds is 7. The van der Waals surface area contributed by atoms with Crippen LogP contribution in [0.3, 0.4) is 0 Å². The standard InChI is InChI=1S/C13H16N2O5S/c16-6-5-15(11-2-3-11)21(19,20)12-7-10(8-14-9-12)1-4-13(17)18/h1,4,7-9,11,16H,2-3,5-6H2,(H,17,18). The molecule has 1 aliphatic rings. The highest BCUT2D eigenvalue weighted by molar-refractivity contribution is 7.89. The van der Waals surface area contributed by atoms with E-state index in [-0.39, 0.29) is 24.1 Å². The van der Waals surface area contributed by atoms with E-state index in [9.17, 15) is 13.2 Å². The van der Waals surface area contributed by atoms with Crippen LogP contribution in [0.2, 0.25) is 0 Å². The van der Waals surface area contributed by atoms with Gasteiger partial charge in [-0.3, -0.25) is 4.98 Å². The van der Waals surface area contributed by atoms with Gasteiger partial charge in [-0.2, -0.15) is 4.31 Å². The highest BCUT2D eigenvalue weighted by Crippen LogP contribution is 2.31. The number of hydrogen-bond donors (Lipinski definition) is 2. The number of sulfonamides is 1. The number of hydrogen-bond acceptors (Lipinski definition) is 5. The van der Waals surface area contributed by atoms with Crippen molar-refractivity contribution in [3.63, 3.8) is 0 Å². The molecule has 0 aliphatic heterocycles. The Balaban J connectivity index is 2.31. The molecule has 0 bridgehead atoms. The largest absolute Gasteiger partial charge is 0.478 e. The van der Waals surface area contributed by atoms with Gasteiger partial charge in [0, 0.05) is 31.1 Å². The zero-order chi connectivity index (χ0) is 15.5. The molecule has 2 N–H and O–H groups in total. The van der Waals surface area contributed by atoms with Gasteiger partial charge in [-0.05, 0) is 30.5 Å². The molecule has 1 saturated carbocycles. The van der Waals surface area contributed by atoms with E-state index < -0.39 is 16.0 Å². The second kappa shape index (κ2) is 6.33. The summed E-state index contributed by atoms with van der Waals surface area (Å²) in [5, 5.41) is 17.6. The second-order valence-electron chi connectivity index (χ2n) is 4.70. The van der Waals surface area contributed by atoms with Gasteiger partial charge in [-0.25, -0.2) is 13.2 Å². The highest BCUT2D eigenvalue weighted by Gasteiger charge is 2.37. The first kappa shape index (κ1) is 15.6. The predicted octanol–water partition coefficient (Wildman–Crippen LogP) is 0.325. The molecule has 1 aromatic rings. The highest BCUT2D eigenvalue weighted by atomic mass is 32.2. The molecule has 2 rings (SSSR count). The van der Waals surface area contributed by atoms with E-state index in [4.69, 9.17) is 10.2 Å². The van der Waals surface area contributed by atoms with Gasteiger partial charge in [-0.1, -0.05) is 0 Å². The van der Waals surface area contributed by atoms with Crippen molar-refractivity contribution in [2.75, 3.05) is 13.2 Å². The molecule has 0 radical (unpaired) electrons. The van der Waals surface area contributed by atoms with Crippen molar-refractivity contribution in [2.24, 2.45) is 0 Å². The van der Waals surface area contributed by atoms with Crippen LogP contribution in [0.25, 0.3) is 6.08 Å². The lowest BCUT2D eigenvalue weighted by Gasteiger charge is -2.20. The van der Waals surface area contributed by atoms with Crippen LogP contribution in [0, 0.1) is 0 Å². The van der Waals surface area contributed by atoms with E-state index in [1.807, 2.05) is 0 Å². The molecule has 0 atom stereocenters. The number of carboxylic acids is 1. The number of aromatic nitrogens is 1.